The molecule has 2 aromatic carbocycles. The molecule has 5 aromatic rings. The van der Waals surface area contributed by atoms with E-state index in [1.54, 1.807) is 42.3 Å². The summed E-state index contributed by atoms with van der Waals surface area (Å²) < 4.78 is 22.6. The number of nitrogens with one attached hydrogen (secondary N) is 1. The molecule has 0 fully saturated rings. The Labute approximate surface area is 199 Å². The van der Waals surface area contributed by atoms with Crippen LogP contribution in [0.2, 0.25) is 5.02 Å². The van der Waals surface area contributed by atoms with Crippen molar-refractivity contribution in [3.63, 3.8) is 0 Å². The van der Waals surface area contributed by atoms with Crippen molar-refractivity contribution in [1.29, 1.82) is 0 Å². The van der Waals surface area contributed by atoms with Gasteiger partial charge in [0.1, 0.15) is 11.6 Å². The number of halogens is 3. The van der Waals surface area contributed by atoms with Crippen LogP contribution in [0.5, 0.6) is 5.75 Å². The van der Waals surface area contributed by atoms with Crippen molar-refractivity contribution in [2.24, 2.45) is 0 Å². The molecule has 0 unspecified atom stereocenters. The van der Waals surface area contributed by atoms with Crippen LogP contribution in [0.3, 0.4) is 0 Å². The van der Waals surface area contributed by atoms with E-state index in [9.17, 15) is 4.39 Å². The van der Waals surface area contributed by atoms with E-state index in [-0.39, 0.29) is 17.4 Å². The summed E-state index contributed by atoms with van der Waals surface area (Å²) in [7, 11) is 1.61. The van der Waals surface area contributed by atoms with Gasteiger partial charge in [0.15, 0.2) is 0 Å². The summed E-state index contributed by atoms with van der Waals surface area (Å²) in [6.07, 6.45) is 5.27. The fourth-order valence-electron chi connectivity index (χ4n) is 3.37. The summed E-state index contributed by atoms with van der Waals surface area (Å²) in [5.41, 5.74) is 3.89. The van der Waals surface area contributed by atoms with Crippen LogP contribution in [0.1, 0.15) is 5.69 Å². The smallest absolute Gasteiger partial charge is 0.254 e. The predicted octanol–water partition coefficient (Wildman–Crippen LogP) is 5.25. The third-order valence-corrected chi connectivity index (χ3v) is 5.17. The highest BCUT2D eigenvalue weighted by molar-refractivity contribution is 6.31. The van der Waals surface area contributed by atoms with Crippen molar-refractivity contribution in [1.82, 2.24) is 29.1 Å². The standard InChI is InChI=1S/C22H17ClFN7O.ClH/c1-13-11-30(12-26-13)19-6-4-15(10-20(19)32-2)27-21-28-22-25-8-7-18(31(22)29-21)14-3-5-17(24)16(23)9-14;/h3-12H,1-2H3,(H,27,29);1H. The number of aryl methyl sites for hydroxylation is 1. The molecule has 0 saturated carbocycles. The zero-order chi connectivity index (χ0) is 22.2. The molecule has 0 aliphatic rings. The van der Waals surface area contributed by atoms with E-state index in [2.05, 4.69) is 25.4 Å². The molecule has 3 heterocycles. The lowest BCUT2D eigenvalue weighted by Crippen LogP contribution is -1.99. The average Bonchev–Trinajstić information content (AvgIpc) is 3.41. The Morgan fingerprint density at radius 3 is 2.67 bits per heavy atom. The highest BCUT2D eigenvalue weighted by Crippen LogP contribution is 2.29. The van der Waals surface area contributed by atoms with Crippen LogP contribution >= 0.6 is 24.0 Å². The number of fused-ring (bicyclic) bond motifs is 1. The maximum absolute atomic E-state index is 13.6. The third-order valence-electron chi connectivity index (χ3n) is 4.88. The van der Waals surface area contributed by atoms with Gasteiger partial charge in [-0.15, -0.1) is 17.5 Å². The SMILES string of the molecule is COc1cc(Nc2nc3nccc(-c4ccc(F)c(Cl)c4)n3n2)ccc1-n1cnc(C)c1.Cl. The maximum atomic E-state index is 13.6. The van der Waals surface area contributed by atoms with Gasteiger partial charge >= 0.3 is 0 Å². The molecule has 33 heavy (non-hydrogen) atoms. The third kappa shape index (κ3) is 4.33. The van der Waals surface area contributed by atoms with Gasteiger partial charge in [-0.3, -0.25) is 0 Å². The van der Waals surface area contributed by atoms with Gasteiger partial charge in [0.05, 0.1) is 35.5 Å². The minimum Gasteiger partial charge on any atom is -0.494 e. The lowest BCUT2D eigenvalue weighted by molar-refractivity contribution is 0.413. The van der Waals surface area contributed by atoms with E-state index in [4.69, 9.17) is 16.3 Å². The first-order valence-corrected chi connectivity index (χ1v) is 10.0. The van der Waals surface area contributed by atoms with Crippen molar-refractivity contribution in [3.8, 4) is 22.7 Å². The fraction of sp³-hybridized carbons (Fsp3) is 0.0909. The number of methoxy groups -OCH3 is 1. The first-order valence-electron chi connectivity index (χ1n) is 9.65. The quantitative estimate of drug-likeness (QED) is 0.366. The van der Waals surface area contributed by atoms with Crippen molar-refractivity contribution in [2.75, 3.05) is 12.4 Å². The summed E-state index contributed by atoms with van der Waals surface area (Å²) in [6, 6.07) is 11.9. The van der Waals surface area contributed by atoms with Crippen molar-refractivity contribution in [3.05, 3.63) is 77.7 Å². The molecule has 3 aromatic heterocycles. The largest absolute Gasteiger partial charge is 0.494 e. The molecule has 0 bridgehead atoms. The molecule has 0 radical (unpaired) electrons. The minimum absolute atomic E-state index is 0. The number of hydrogen-bond acceptors (Lipinski definition) is 6. The van der Waals surface area contributed by atoms with Crippen molar-refractivity contribution >= 4 is 41.4 Å². The Bertz CT molecular complexity index is 1450. The Kier molecular flexibility index (Phi) is 6.17. The topological polar surface area (TPSA) is 82.2 Å². The van der Waals surface area contributed by atoms with Crippen LogP contribution in [0.15, 0.2) is 61.2 Å². The van der Waals surface area contributed by atoms with Crippen molar-refractivity contribution < 1.29 is 9.13 Å². The van der Waals surface area contributed by atoms with Gasteiger partial charge in [-0.25, -0.2) is 14.4 Å². The molecule has 11 heteroatoms. The van der Waals surface area contributed by atoms with Crippen LogP contribution in [0.4, 0.5) is 16.0 Å². The van der Waals surface area contributed by atoms with E-state index in [1.807, 2.05) is 35.9 Å². The summed E-state index contributed by atoms with van der Waals surface area (Å²) >= 11 is 5.95. The summed E-state index contributed by atoms with van der Waals surface area (Å²) in [5, 5.41) is 7.73. The Morgan fingerprint density at radius 2 is 1.94 bits per heavy atom. The molecule has 1 N–H and O–H groups in total. The first kappa shape index (κ1) is 22.5. The van der Waals surface area contributed by atoms with Gasteiger partial charge in [-0.1, -0.05) is 11.6 Å². The maximum Gasteiger partial charge on any atom is 0.254 e. The van der Waals surface area contributed by atoms with E-state index in [1.165, 1.54) is 6.07 Å². The zero-order valence-corrected chi connectivity index (χ0v) is 19.1. The lowest BCUT2D eigenvalue weighted by atomic mass is 10.1. The molecule has 0 spiro atoms. The van der Waals surface area contributed by atoms with Gasteiger partial charge in [0.2, 0.25) is 5.95 Å². The molecular formula is C22H18Cl2FN7O. The van der Waals surface area contributed by atoms with Gasteiger partial charge in [0.25, 0.3) is 5.78 Å². The van der Waals surface area contributed by atoms with Crippen LogP contribution in [0.25, 0.3) is 22.7 Å². The Morgan fingerprint density at radius 1 is 1.09 bits per heavy atom. The Balaban J connectivity index is 0.00000259. The average molecular weight is 486 g/mol. The van der Waals surface area contributed by atoms with E-state index < -0.39 is 5.82 Å². The van der Waals surface area contributed by atoms with Gasteiger partial charge < -0.3 is 14.6 Å². The van der Waals surface area contributed by atoms with E-state index in [0.29, 0.717) is 28.7 Å². The summed E-state index contributed by atoms with van der Waals surface area (Å²) in [6.45, 7) is 1.93. The van der Waals surface area contributed by atoms with Gasteiger partial charge in [0, 0.05) is 29.7 Å². The minimum atomic E-state index is -0.482. The highest BCUT2D eigenvalue weighted by Gasteiger charge is 2.13. The highest BCUT2D eigenvalue weighted by atomic mass is 35.5. The number of aromatic nitrogens is 6. The van der Waals surface area contributed by atoms with Gasteiger partial charge in [-0.2, -0.15) is 9.50 Å². The molecule has 0 amide bonds. The van der Waals surface area contributed by atoms with E-state index >= 15 is 0 Å². The molecular weight excluding hydrogens is 468 g/mol. The molecule has 8 nitrogen and oxygen atoms in total. The number of anilines is 2. The Hall–Kier alpha value is -3.69. The molecule has 0 aliphatic carbocycles. The number of benzene rings is 2. The van der Waals surface area contributed by atoms with Crippen molar-refractivity contribution in [2.45, 2.75) is 6.92 Å². The second-order valence-electron chi connectivity index (χ2n) is 7.04. The second kappa shape index (κ2) is 9.05. The number of hydrogen-bond donors (Lipinski definition) is 1. The fourth-order valence-corrected chi connectivity index (χ4v) is 3.55. The number of ether oxygens (including phenoxy) is 1. The zero-order valence-electron chi connectivity index (χ0n) is 17.5. The van der Waals surface area contributed by atoms with E-state index in [0.717, 1.165) is 17.1 Å². The lowest BCUT2D eigenvalue weighted by Gasteiger charge is -2.11. The molecule has 0 atom stereocenters. The number of rotatable bonds is 5. The van der Waals surface area contributed by atoms with Crippen LogP contribution < -0.4 is 10.1 Å². The van der Waals surface area contributed by atoms with Crippen LogP contribution in [-0.2, 0) is 0 Å². The van der Waals surface area contributed by atoms with Crippen LogP contribution in [-0.4, -0.2) is 36.2 Å². The molecule has 168 valence electrons. The first-order chi connectivity index (χ1) is 15.5. The molecule has 0 saturated heterocycles. The normalized spacial score (nSPS) is 10.8. The second-order valence-corrected chi connectivity index (χ2v) is 7.45. The predicted molar refractivity (Wildman–Crippen MR) is 127 cm³/mol. The van der Waals surface area contributed by atoms with Gasteiger partial charge in [-0.05, 0) is 43.3 Å². The monoisotopic (exact) mass is 485 g/mol. The summed E-state index contributed by atoms with van der Waals surface area (Å²) in [5.74, 6) is 0.926. The molecule has 0 aliphatic heterocycles. The summed E-state index contributed by atoms with van der Waals surface area (Å²) in [4.78, 5) is 13.0. The van der Waals surface area contributed by atoms with Crippen LogP contribution in [0, 0.1) is 12.7 Å². The number of imidazole rings is 1. The molecule has 5 rings (SSSR count). The number of nitrogens with zero attached hydrogens (tertiary/aromatic N) is 6.